The van der Waals surface area contributed by atoms with Gasteiger partial charge in [0.25, 0.3) is 0 Å². The number of aromatic nitrogens is 2. The van der Waals surface area contributed by atoms with E-state index in [2.05, 4.69) is 229 Å². The van der Waals surface area contributed by atoms with E-state index >= 15 is 0 Å². The highest BCUT2D eigenvalue weighted by Gasteiger charge is 2.35. The molecule has 2 heteroatoms. The summed E-state index contributed by atoms with van der Waals surface area (Å²) in [4.78, 5) is 0. The molecule has 0 bridgehead atoms. The number of fused-ring (bicyclic) bond motifs is 9. The summed E-state index contributed by atoms with van der Waals surface area (Å²) in [5.41, 5.74) is 20.0. The minimum Gasteiger partial charge on any atom is -0.309 e. The largest absolute Gasteiger partial charge is 0.309 e. The summed E-state index contributed by atoms with van der Waals surface area (Å²) in [6, 6.07) is 76.1. The van der Waals surface area contributed by atoms with Gasteiger partial charge in [0.1, 0.15) is 0 Å². The zero-order valence-corrected chi connectivity index (χ0v) is 33.0. The van der Waals surface area contributed by atoms with Crippen LogP contribution in [-0.2, 0) is 5.41 Å². The van der Waals surface area contributed by atoms with Crippen molar-refractivity contribution >= 4 is 43.6 Å². The number of hydrogen-bond donors (Lipinski definition) is 0. The third-order valence-corrected chi connectivity index (χ3v) is 12.9. The van der Waals surface area contributed by atoms with E-state index in [1.165, 1.54) is 99.2 Å². The molecule has 0 unspecified atom stereocenters. The third-order valence-electron chi connectivity index (χ3n) is 12.9. The van der Waals surface area contributed by atoms with Gasteiger partial charge in [0.15, 0.2) is 0 Å². The van der Waals surface area contributed by atoms with E-state index in [9.17, 15) is 0 Å². The van der Waals surface area contributed by atoms with Gasteiger partial charge < -0.3 is 9.13 Å². The summed E-state index contributed by atoms with van der Waals surface area (Å²) in [5.74, 6) is 0. The van der Waals surface area contributed by atoms with Crippen molar-refractivity contribution < 1.29 is 0 Å². The zero-order valence-electron chi connectivity index (χ0n) is 33.0. The second kappa shape index (κ2) is 12.8. The normalized spacial score (nSPS) is 13.1. The molecule has 2 aromatic heterocycles. The van der Waals surface area contributed by atoms with Crippen LogP contribution in [0.2, 0.25) is 0 Å². The van der Waals surface area contributed by atoms with Gasteiger partial charge in [-0.1, -0.05) is 153 Å². The Kier molecular flexibility index (Phi) is 7.31. The van der Waals surface area contributed by atoms with Gasteiger partial charge >= 0.3 is 0 Å². The highest BCUT2D eigenvalue weighted by Crippen LogP contribution is 2.49. The van der Waals surface area contributed by atoms with Gasteiger partial charge in [-0.3, -0.25) is 0 Å². The topological polar surface area (TPSA) is 9.86 Å². The molecule has 11 aromatic rings. The Morgan fingerprint density at radius 2 is 0.763 bits per heavy atom. The molecule has 1 aliphatic rings. The van der Waals surface area contributed by atoms with Crippen molar-refractivity contribution in [2.75, 3.05) is 0 Å². The van der Waals surface area contributed by atoms with Crippen molar-refractivity contribution in [2.45, 2.75) is 19.3 Å². The van der Waals surface area contributed by atoms with E-state index in [4.69, 9.17) is 0 Å². The van der Waals surface area contributed by atoms with Crippen molar-refractivity contribution in [3.8, 4) is 55.9 Å². The minimum absolute atomic E-state index is 0.0241. The Morgan fingerprint density at radius 3 is 1.46 bits per heavy atom. The lowest BCUT2D eigenvalue weighted by atomic mass is 9.81. The predicted molar refractivity (Wildman–Crippen MR) is 249 cm³/mol. The molecular weight excluding hydrogens is 713 g/mol. The summed E-state index contributed by atoms with van der Waals surface area (Å²) in [6.45, 7) is 4.70. The SMILES string of the molecule is CC1(C)c2ccccc2-c2ccc(-c3ccc(-n4c5ccccc5c5cc(-c6ccc7c(c6)c6ccccc6n7-c6cccc(-c7ccccc7)c6)ccc54)cc3)cc21. The van der Waals surface area contributed by atoms with Gasteiger partial charge in [0.05, 0.1) is 22.1 Å². The lowest BCUT2D eigenvalue weighted by Gasteiger charge is -2.22. The highest BCUT2D eigenvalue weighted by atomic mass is 15.0. The predicted octanol–water partition coefficient (Wildman–Crippen LogP) is 15.2. The van der Waals surface area contributed by atoms with Gasteiger partial charge in [-0.2, -0.15) is 0 Å². The fourth-order valence-corrected chi connectivity index (χ4v) is 10.0. The van der Waals surface area contributed by atoms with Crippen LogP contribution in [0.1, 0.15) is 25.0 Å². The summed E-state index contributed by atoms with van der Waals surface area (Å²) in [5, 5.41) is 5.01. The van der Waals surface area contributed by atoms with Crippen molar-refractivity contribution in [3.63, 3.8) is 0 Å². The van der Waals surface area contributed by atoms with Crippen LogP contribution < -0.4 is 0 Å². The van der Waals surface area contributed by atoms with E-state index in [0.717, 1.165) is 11.4 Å². The molecule has 278 valence electrons. The standard InChI is InChI=1S/C57H40N2/c1-57(2)51-20-9-6-17-45(51)46-30-25-42(36-52(46)57)38-23-28-43(29-24-38)58-53-21-10-7-18-47(53)49-34-40(26-31-55(49)58)41-27-32-56-50(35-41)48-19-8-11-22-54(48)59(56)44-16-12-15-39(33-44)37-13-4-3-5-14-37/h3-36H,1-2H3. The average Bonchev–Trinajstić information content (AvgIpc) is 3.89. The van der Waals surface area contributed by atoms with Crippen LogP contribution in [0.5, 0.6) is 0 Å². The molecule has 2 nitrogen and oxygen atoms in total. The lowest BCUT2D eigenvalue weighted by Crippen LogP contribution is -2.14. The van der Waals surface area contributed by atoms with Crippen molar-refractivity contribution in [3.05, 3.63) is 217 Å². The number of rotatable bonds is 5. The van der Waals surface area contributed by atoms with E-state index < -0.39 is 0 Å². The molecule has 9 aromatic carbocycles. The number of nitrogens with zero attached hydrogens (tertiary/aromatic N) is 2. The summed E-state index contributed by atoms with van der Waals surface area (Å²) in [7, 11) is 0. The minimum atomic E-state index is -0.0241. The van der Waals surface area contributed by atoms with Crippen molar-refractivity contribution in [1.82, 2.24) is 9.13 Å². The third kappa shape index (κ3) is 5.13. The number of hydrogen-bond acceptors (Lipinski definition) is 0. The molecule has 0 amide bonds. The maximum Gasteiger partial charge on any atom is 0.0541 e. The quantitative estimate of drug-likeness (QED) is 0.166. The van der Waals surface area contributed by atoms with Crippen LogP contribution in [0.25, 0.3) is 99.5 Å². The second-order valence-electron chi connectivity index (χ2n) is 16.6. The summed E-state index contributed by atoms with van der Waals surface area (Å²) < 4.78 is 4.83. The van der Waals surface area contributed by atoms with Gasteiger partial charge in [-0.15, -0.1) is 0 Å². The van der Waals surface area contributed by atoms with Gasteiger partial charge in [0.2, 0.25) is 0 Å². The van der Waals surface area contributed by atoms with E-state index in [1.54, 1.807) is 0 Å². The van der Waals surface area contributed by atoms with E-state index in [0.29, 0.717) is 0 Å². The van der Waals surface area contributed by atoms with Crippen molar-refractivity contribution in [2.24, 2.45) is 0 Å². The fourth-order valence-electron chi connectivity index (χ4n) is 10.0. The van der Waals surface area contributed by atoms with Gasteiger partial charge in [0, 0.05) is 38.3 Å². The molecule has 0 fully saturated rings. The molecule has 0 atom stereocenters. The molecular formula is C57H40N2. The maximum atomic E-state index is 2.42. The first-order valence-corrected chi connectivity index (χ1v) is 20.6. The first-order valence-electron chi connectivity index (χ1n) is 20.6. The first-order chi connectivity index (χ1) is 29.0. The molecule has 0 radical (unpaired) electrons. The van der Waals surface area contributed by atoms with Crippen LogP contribution in [0.4, 0.5) is 0 Å². The second-order valence-corrected chi connectivity index (χ2v) is 16.6. The Labute approximate surface area is 343 Å². The van der Waals surface area contributed by atoms with Crippen LogP contribution in [0, 0.1) is 0 Å². The average molecular weight is 753 g/mol. The lowest BCUT2D eigenvalue weighted by molar-refractivity contribution is 0.660. The van der Waals surface area contributed by atoms with Gasteiger partial charge in [-0.25, -0.2) is 0 Å². The molecule has 12 rings (SSSR count). The van der Waals surface area contributed by atoms with Crippen LogP contribution in [0.15, 0.2) is 206 Å². The Morgan fingerprint density at radius 1 is 0.288 bits per heavy atom. The molecule has 2 heterocycles. The monoisotopic (exact) mass is 752 g/mol. The molecule has 0 saturated carbocycles. The smallest absolute Gasteiger partial charge is 0.0541 e. The molecule has 0 spiro atoms. The van der Waals surface area contributed by atoms with E-state index in [1.807, 2.05) is 0 Å². The highest BCUT2D eigenvalue weighted by molar-refractivity contribution is 6.12. The molecule has 0 saturated heterocycles. The summed E-state index contributed by atoms with van der Waals surface area (Å²) >= 11 is 0. The van der Waals surface area contributed by atoms with Crippen LogP contribution >= 0.6 is 0 Å². The molecule has 0 N–H and O–H groups in total. The Bertz CT molecular complexity index is 3450. The number of para-hydroxylation sites is 2. The maximum absolute atomic E-state index is 2.42. The Balaban J connectivity index is 0.933. The van der Waals surface area contributed by atoms with Crippen LogP contribution in [-0.4, -0.2) is 9.13 Å². The zero-order chi connectivity index (χ0) is 39.2. The number of benzene rings is 9. The van der Waals surface area contributed by atoms with Crippen molar-refractivity contribution in [1.29, 1.82) is 0 Å². The molecule has 1 aliphatic carbocycles. The molecule has 0 aliphatic heterocycles. The van der Waals surface area contributed by atoms with Crippen LogP contribution in [0.3, 0.4) is 0 Å². The Hall–Kier alpha value is -7.42. The summed E-state index contributed by atoms with van der Waals surface area (Å²) in [6.07, 6.45) is 0. The van der Waals surface area contributed by atoms with E-state index in [-0.39, 0.29) is 5.41 Å². The van der Waals surface area contributed by atoms with Gasteiger partial charge in [-0.05, 0) is 122 Å². The molecule has 59 heavy (non-hydrogen) atoms. The first kappa shape index (κ1) is 33.7. The fraction of sp³-hybridized carbons (Fsp3) is 0.0526.